The fourth-order valence-electron chi connectivity index (χ4n) is 3.38. The van der Waals surface area contributed by atoms with Crippen LogP contribution in [0, 0.1) is 0 Å². The summed E-state index contributed by atoms with van der Waals surface area (Å²) in [6.07, 6.45) is 8.25. The van der Waals surface area contributed by atoms with Gasteiger partial charge in [0.05, 0.1) is 12.7 Å². The second kappa shape index (κ2) is 12.2. The molecule has 0 radical (unpaired) electrons. The molecule has 0 bridgehead atoms. The maximum atomic E-state index is 5.69. The number of ether oxygens (including phenoxy) is 2. The highest BCUT2D eigenvalue weighted by molar-refractivity contribution is 5.79. The second-order valence-corrected chi connectivity index (χ2v) is 7.20. The Kier molecular flexibility index (Phi) is 9.00. The molecule has 29 heavy (non-hydrogen) atoms. The summed E-state index contributed by atoms with van der Waals surface area (Å²) in [5, 5.41) is 6.69. The van der Waals surface area contributed by atoms with E-state index in [0.29, 0.717) is 12.7 Å². The van der Waals surface area contributed by atoms with Gasteiger partial charge in [0.2, 0.25) is 0 Å². The highest BCUT2D eigenvalue weighted by atomic mass is 16.5. The van der Waals surface area contributed by atoms with Crippen molar-refractivity contribution in [1.29, 1.82) is 0 Å². The van der Waals surface area contributed by atoms with Crippen LogP contribution in [0.3, 0.4) is 0 Å². The van der Waals surface area contributed by atoms with Gasteiger partial charge < -0.3 is 24.7 Å². The lowest BCUT2D eigenvalue weighted by Crippen LogP contribution is -2.39. The molecule has 0 saturated carbocycles. The minimum Gasteiger partial charge on any atom is -0.379 e. The number of guanidine groups is 1. The van der Waals surface area contributed by atoms with Crippen LogP contribution in [0.2, 0.25) is 0 Å². The van der Waals surface area contributed by atoms with Gasteiger partial charge in [-0.25, -0.2) is 4.98 Å². The number of hydrogen-bond donors (Lipinski definition) is 2. The Labute approximate surface area is 173 Å². The number of imidazole rings is 1. The molecule has 158 valence electrons. The Bertz CT molecular complexity index is 726. The smallest absolute Gasteiger partial charge is 0.190 e. The molecule has 1 atom stereocenters. The lowest BCUT2D eigenvalue weighted by molar-refractivity contribution is 0.0168. The van der Waals surface area contributed by atoms with E-state index < -0.39 is 0 Å². The van der Waals surface area contributed by atoms with Crippen molar-refractivity contribution in [2.45, 2.75) is 38.3 Å². The third-order valence-electron chi connectivity index (χ3n) is 4.95. The van der Waals surface area contributed by atoms with Gasteiger partial charge in [-0.3, -0.25) is 4.99 Å². The summed E-state index contributed by atoms with van der Waals surface area (Å²) in [5.41, 5.74) is 1.28. The number of aliphatic imine (C=N–C) groups is 1. The summed E-state index contributed by atoms with van der Waals surface area (Å²) in [6.45, 7) is 4.78. The predicted octanol–water partition coefficient (Wildman–Crippen LogP) is 2.22. The number of benzene rings is 1. The highest BCUT2D eigenvalue weighted by Crippen LogP contribution is 2.11. The second-order valence-electron chi connectivity index (χ2n) is 7.20. The van der Waals surface area contributed by atoms with Crippen LogP contribution in [-0.2, 0) is 22.4 Å². The molecular weight excluding hydrogens is 366 g/mol. The van der Waals surface area contributed by atoms with E-state index in [0.717, 1.165) is 70.3 Å². The van der Waals surface area contributed by atoms with Gasteiger partial charge >= 0.3 is 0 Å². The Hall–Kier alpha value is -2.38. The summed E-state index contributed by atoms with van der Waals surface area (Å²) >= 11 is 0. The molecule has 1 aliphatic rings. The molecule has 2 heterocycles. The van der Waals surface area contributed by atoms with Crippen molar-refractivity contribution in [1.82, 2.24) is 20.2 Å². The first-order valence-corrected chi connectivity index (χ1v) is 10.5. The lowest BCUT2D eigenvalue weighted by Gasteiger charge is -2.13. The maximum absolute atomic E-state index is 5.69. The van der Waals surface area contributed by atoms with Gasteiger partial charge in [-0.15, -0.1) is 0 Å². The van der Waals surface area contributed by atoms with Crippen LogP contribution in [0.15, 0.2) is 47.7 Å². The van der Waals surface area contributed by atoms with E-state index in [1.165, 1.54) is 5.56 Å². The van der Waals surface area contributed by atoms with Crippen molar-refractivity contribution in [2.24, 2.45) is 4.99 Å². The van der Waals surface area contributed by atoms with Gasteiger partial charge in [0.25, 0.3) is 0 Å². The molecule has 2 N–H and O–H groups in total. The summed E-state index contributed by atoms with van der Waals surface area (Å²) < 4.78 is 13.4. The summed E-state index contributed by atoms with van der Waals surface area (Å²) in [5.74, 6) is 1.88. The molecule has 7 heteroatoms. The van der Waals surface area contributed by atoms with Crippen molar-refractivity contribution in [3.05, 3.63) is 54.1 Å². The van der Waals surface area contributed by atoms with Gasteiger partial charge in [0, 0.05) is 58.7 Å². The van der Waals surface area contributed by atoms with Crippen LogP contribution >= 0.6 is 0 Å². The first-order valence-electron chi connectivity index (χ1n) is 10.5. The summed E-state index contributed by atoms with van der Waals surface area (Å²) in [6, 6.07) is 10.4. The quantitative estimate of drug-likeness (QED) is 0.344. The van der Waals surface area contributed by atoms with Crippen molar-refractivity contribution in [3.8, 4) is 0 Å². The topological polar surface area (TPSA) is 72.7 Å². The molecule has 1 aromatic heterocycles. The number of aromatic nitrogens is 2. The summed E-state index contributed by atoms with van der Waals surface area (Å²) in [4.78, 5) is 8.78. The zero-order valence-electron chi connectivity index (χ0n) is 17.3. The van der Waals surface area contributed by atoms with Gasteiger partial charge in [-0.1, -0.05) is 30.3 Å². The largest absolute Gasteiger partial charge is 0.379 e. The van der Waals surface area contributed by atoms with E-state index in [4.69, 9.17) is 9.47 Å². The molecular formula is C22H33N5O2. The molecule has 1 saturated heterocycles. The minimum absolute atomic E-state index is 0.298. The first kappa shape index (κ1) is 21.3. The number of hydrogen-bond acceptors (Lipinski definition) is 4. The molecule has 1 unspecified atom stereocenters. The Balaban J connectivity index is 1.29. The third-order valence-corrected chi connectivity index (χ3v) is 4.95. The third kappa shape index (κ3) is 7.51. The van der Waals surface area contributed by atoms with E-state index in [-0.39, 0.29) is 0 Å². The fraction of sp³-hybridized carbons (Fsp3) is 0.545. The molecule has 7 nitrogen and oxygen atoms in total. The van der Waals surface area contributed by atoms with E-state index in [1.807, 2.05) is 18.5 Å². The zero-order valence-corrected chi connectivity index (χ0v) is 17.3. The van der Waals surface area contributed by atoms with Gasteiger partial charge in [0.1, 0.15) is 5.82 Å². The highest BCUT2D eigenvalue weighted by Gasteiger charge is 2.14. The Morgan fingerprint density at radius 1 is 1.28 bits per heavy atom. The average molecular weight is 400 g/mol. The number of nitrogens with one attached hydrogen (secondary N) is 2. The van der Waals surface area contributed by atoms with E-state index in [1.54, 1.807) is 7.05 Å². The molecule has 0 amide bonds. The normalized spacial score (nSPS) is 16.9. The van der Waals surface area contributed by atoms with Crippen molar-refractivity contribution in [3.63, 3.8) is 0 Å². The molecule has 1 aliphatic heterocycles. The monoisotopic (exact) mass is 399 g/mol. The molecule has 0 spiro atoms. The standard InChI is InChI=1S/C22H33N5O2/c1-23-22(25-11-6-15-28-18-20-9-5-16-29-20)26-12-10-21-24-13-14-27(21)17-19-7-3-2-4-8-19/h2-4,7-8,13-14,20H,5-6,9-12,15-18H2,1H3,(H2,23,25,26). The fourth-order valence-corrected chi connectivity index (χ4v) is 3.38. The predicted molar refractivity (Wildman–Crippen MR) is 115 cm³/mol. The van der Waals surface area contributed by atoms with E-state index >= 15 is 0 Å². The summed E-state index contributed by atoms with van der Waals surface area (Å²) in [7, 11) is 1.79. The number of nitrogens with zero attached hydrogens (tertiary/aromatic N) is 3. The van der Waals surface area contributed by atoms with Gasteiger partial charge in [-0.05, 0) is 24.8 Å². The van der Waals surface area contributed by atoms with Gasteiger partial charge in [-0.2, -0.15) is 0 Å². The lowest BCUT2D eigenvalue weighted by atomic mass is 10.2. The van der Waals surface area contributed by atoms with Crippen LogP contribution in [0.4, 0.5) is 0 Å². The first-order chi connectivity index (χ1) is 14.3. The van der Waals surface area contributed by atoms with Crippen molar-refractivity contribution in [2.75, 3.05) is 40.0 Å². The van der Waals surface area contributed by atoms with Crippen molar-refractivity contribution >= 4 is 5.96 Å². The van der Waals surface area contributed by atoms with Crippen LogP contribution in [0.5, 0.6) is 0 Å². The van der Waals surface area contributed by atoms with Crippen LogP contribution in [0.1, 0.15) is 30.7 Å². The SMILES string of the molecule is CN=C(NCCCOCC1CCCO1)NCCc1nccn1Cc1ccccc1. The molecule has 1 aromatic carbocycles. The average Bonchev–Trinajstić information content (AvgIpc) is 3.42. The molecule has 1 fully saturated rings. The minimum atomic E-state index is 0.298. The van der Waals surface area contributed by atoms with Crippen molar-refractivity contribution < 1.29 is 9.47 Å². The molecule has 3 rings (SSSR count). The molecule has 2 aromatic rings. The Morgan fingerprint density at radius 3 is 2.93 bits per heavy atom. The number of rotatable bonds is 11. The molecule has 0 aliphatic carbocycles. The van der Waals surface area contributed by atoms with Crippen LogP contribution in [0.25, 0.3) is 0 Å². The van der Waals surface area contributed by atoms with Gasteiger partial charge in [0.15, 0.2) is 5.96 Å². The van der Waals surface area contributed by atoms with Crippen LogP contribution < -0.4 is 10.6 Å². The maximum Gasteiger partial charge on any atom is 0.190 e. The van der Waals surface area contributed by atoms with E-state index in [9.17, 15) is 0 Å². The Morgan fingerprint density at radius 2 is 2.14 bits per heavy atom. The zero-order chi connectivity index (χ0) is 20.2. The van der Waals surface area contributed by atoms with Crippen LogP contribution in [-0.4, -0.2) is 61.6 Å². The van der Waals surface area contributed by atoms with E-state index in [2.05, 4.69) is 49.4 Å².